The Bertz CT molecular complexity index is 682. The molecule has 2 rings (SSSR count). The fraction of sp³-hybridized carbons (Fsp3) is 0.533. The van der Waals surface area contributed by atoms with Gasteiger partial charge in [-0.2, -0.15) is 0 Å². The maximum absolute atomic E-state index is 13.8. The second-order valence-corrected chi connectivity index (χ2v) is 7.34. The number of rotatable bonds is 5. The van der Waals surface area contributed by atoms with E-state index < -0.39 is 0 Å². The van der Waals surface area contributed by atoms with Gasteiger partial charge < -0.3 is 9.55 Å². The molecule has 0 saturated heterocycles. The van der Waals surface area contributed by atoms with Crippen molar-refractivity contribution in [3.63, 3.8) is 0 Å². The maximum atomic E-state index is 13.8. The molecule has 3 nitrogen and oxygen atoms in total. The average Bonchev–Trinajstić information content (AvgIpc) is 2.65. The van der Waals surface area contributed by atoms with Crippen LogP contribution in [0.25, 0.3) is 11.0 Å². The third kappa shape index (κ3) is 3.65. The van der Waals surface area contributed by atoms with Crippen LogP contribution in [0.1, 0.15) is 27.7 Å². The van der Waals surface area contributed by atoms with Gasteiger partial charge in [0.2, 0.25) is 0 Å². The minimum absolute atomic E-state index is 0.199. The minimum atomic E-state index is -0.199. The van der Waals surface area contributed by atoms with Gasteiger partial charge in [-0.1, -0.05) is 0 Å². The minimum Gasteiger partial charge on any atom is -0.331 e. The van der Waals surface area contributed by atoms with Gasteiger partial charge in [-0.15, -0.1) is 0 Å². The number of nitrogens with one attached hydrogen (secondary N) is 1. The summed E-state index contributed by atoms with van der Waals surface area (Å²) in [6.45, 7) is 10.4. The van der Waals surface area contributed by atoms with Crippen LogP contribution in [0, 0.1) is 14.2 Å². The van der Waals surface area contributed by atoms with Gasteiger partial charge in [0.05, 0.1) is 14.6 Å². The number of halogens is 2. The molecule has 0 spiro atoms. The number of aromatic amines is 1. The normalized spacial score (nSPS) is 12.2. The molecule has 0 aliphatic heterocycles. The third-order valence-corrected chi connectivity index (χ3v) is 4.87. The number of benzene rings is 1. The lowest BCUT2D eigenvalue weighted by atomic mass is 10.2. The molecule has 21 heavy (non-hydrogen) atoms. The van der Waals surface area contributed by atoms with Crippen molar-refractivity contribution in [1.29, 1.82) is 0 Å². The lowest BCUT2D eigenvalue weighted by Gasteiger charge is -2.30. The summed E-state index contributed by atoms with van der Waals surface area (Å²) in [4.78, 5) is 5.57. The molecule has 0 amide bonds. The largest absolute Gasteiger partial charge is 0.331 e. The van der Waals surface area contributed by atoms with E-state index in [9.17, 15) is 4.39 Å². The first kappa shape index (κ1) is 16.9. The van der Waals surface area contributed by atoms with E-state index in [1.807, 2.05) is 27.2 Å². The summed E-state index contributed by atoms with van der Waals surface area (Å²) in [6.07, 6.45) is 0. The standard InChI is InChI=1S/C15H21FIN3S/c1-9(2)19(10(3)4)5-6-20-14-7-11(16)12(17)8-13(14)18-15(20)21/h7-10H,5-6H2,1-4H3,(H,18,21). The van der Waals surface area contributed by atoms with E-state index in [0.717, 1.165) is 24.1 Å². The van der Waals surface area contributed by atoms with Gasteiger partial charge in [0, 0.05) is 31.2 Å². The van der Waals surface area contributed by atoms with Crippen molar-refractivity contribution in [2.45, 2.75) is 46.3 Å². The van der Waals surface area contributed by atoms with E-state index >= 15 is 0 Å². The van der Waals surface area contributed by atoms with Crippen LogP contribution in [0.4, 0.5) is 4.39 Å². The highest BCUT2D eigenvalue weighted by Crippen LogP contribution is 2.21. The molecule has 2 aromatic rings. The Morgan fingerprint density at radius 1 is 1.29 bits per heavy atom. The predicted molar refractivity (Wildman–Crippen MR) is 96.8 cm³/mol. The fourth-order valence-electron chi connectivity index (χ4n) is 2.70. The Morgan fingerprint density at radius 3 is 2.48 bits per heavy atom. The average molecular weight is 421 g/mol. The van der Waals surface area contributed by atoms with Crippen molar-refractivity contribution in [2.75, 3.05) is 6.54 Å². The molecule has 0 aliphatic carbocycles. The molecule has 0 saturated carbocycles. The smallest absolute Gasteiger partial charge is 0.178 e. The Balaban J connectivity index is 2.32. The fourth-order valence-corrected chi connectivity index (χ4v) is 3.47. The zero-order chi connectivity index (χ0) is 15.7. The molecule has 0 atom stereocenters. The number of imidazole rings is 1. The van der Waals surface area contributed by atoms with Gasteiger partial charge in [-0.05, 0) is 68.6 Å². The van der Waals surface area contributed by atoms with Crippen LogP contribution < -0.4 is 0 Å². The van der Waals surface area contributed by atoms with Crippen molar-refractivity contribution >= 4 is 45.8 Å². The Morgan fingerprint density at radius 2 is 1.90 bits per heavy atom. The van der Waals surface area contributed by atoms with Crippen LogP contribution in [0.2, 0.25) is 0 Å². The highest BCUT2D eigenvalue weighted by molar-refractivity contribution is 14.1. The topological polar surface area (TPSA) is 24.0 Å². The number of H-pyrrole nitrogens is 1. The van der Waals surface area contributed by atoms with Crippen LogP contribution in [0.15, 0.2) is 12.1 Å². The number of aromatic nitrogens is 2. The molecule has 1 aromatic heterocycles. The van der Waals surface area contributed by atoms with Gasteiger partial charge in [-0.3, -0.25) is 4.90 Å². The van der Waals surface area contributed by atoms with Crippen molar-refractivity contribution in [3.8, 4) is 0 Å². The summed E-state index contributed by atoms with van der Waals surface area (Å²) in [5, 5.41) is 0. The number of hydrogen-bond acceptors (Lipinski definition) is 2. The SMILES string of the molecule is CC(C)N(CCn1c(=S)[nH]c2cc(I)c(F)cc21)C(C)C. The number of fused-ring (bicyclic) bond motifs is 1. The third-order valence-electron chi connectivity index (χ3n) is 3.72. The maximum Gasteiger partial charge on any atom is 0.178 e. The molecule has 0 unspecified atom stereocenters. The highest BCUT2D eigenvalue weighted by Gasteiger charge is 2.15. The summed E-state index contributed by atoms with van der Waals surface area (Å²) >= 11 is 7.38. The highest BCUT2D eigenvalue weighted by atomic mass is 127. The molecular formula is C15H21FIN3S. The first-order valence-electron chi connectivity index (χ1n) is 7.14. The molecule has 116 valence electrons. The monoisotopic (exact) mass is 421 g/mol. The first-order valence-corrected chi connectivity index (χ1v) is 8.63. The lowest BCUT2D eigenvalue weighted by Crippen LogP contribution is -2.39. The second-order valence-electron chi connectivity index (χ2n) is 5.79. The summed E-state index contributed by atoms with van der Waals surface area (Å²) in [5.74, 6) is -0.199. The van der Waals surface area contributed by atoms with E-state index in [1.165, 1.54) is 0 Å². The zero-order valence-corrected chi connectivity index (χ0v) is 15.8. The summed E-state index contributed by atoms with van der Waals surface area (Å²) in [5.41, 5.74) is 1.73. The predicted octanol–water partition coefficient (Wildman–Crippen LogP) is 4.56. The van der Waals surface area contributed by atoms with E-state index in [2.05, 4.69) is 37.6 Å². The second kappa shape index (κ2) is 6.75. The van der Waals surface area contributed by atoms with Crippen LogP contribution in [0.3, 0.4) is 0 Å². The van der Waals surface area contributed by atoms with Crippen molar-refractivity contribution in [2.24, 2.45) is 0 Å². The molecule has 0 fully saturated rings. The molecule has 0 radical (unpaired) electrons. The van der Waals surface area contributed by atoms with Crippen molar-refractivity contribution < 1.29 is 4.39 Å². The summed E-state index contributed by atoms with van der Waals surface area (Å²) in [7, 11) is 0. The van der Waals surface area contributed by atoms with Gasteiger partial charge in [0.25, 0.3) is 0 Å². The molecule has 0 bridgehead atoms. The van der Waals surface area contributed by atoms with Crippen LogP contribution in [-0.4, -0.2) is 33.1 Å². The molecular weight excluding hydrogens is 400 g/mol. The van der Waals surface area contributed by atoms with Crippen LogP contribution in [0.5, 0.6) is 0 Å². The zero-order valence-electron chi connectivity index (χ0n) is 12.8. The van der Waals surface area contributed by atoms with E-state index in [-0.39, 0.29) is 5.82 Å². The molecule has 0 aliphatic rings. The summed E-state index contributed by atoms with van der Waals surface area (Å²) < 4.78 is 17.1. The van der Waals surface area contributed by atoms with E-state index in [4.69, 9.17) is 12.2 Å². The van der Waals surface area contributed by atoms with Gasteiger partial charge in [-0.25, -0.2) is 4.39 Å². The van der Waals surface area contributed by atoms with Gasteiger partial charge in [0.1, 0.15) is 5.82 Å². The number of hydrogen-bond donors (Lipinski definition) is 1. The quantitative estimate of drug-likeness (QED) is 0.565. The molecule has 6 heteroatoms. The van der Waals surface area contributed by atoms with Gasteiger partial charge >= 0.3 is 0 Å². The molecule has 1 heterocycles. The molecule has 1 aromatic carbocycles. The van der Waals surface area contributed by atoms with Crippen LogP contribution in [-0.2, 0) is 6.54 Å². The van der Waals surface area contributed by atoms with E-state index in [1.54, 1.807) is 12.1 Å². The van der Waals surface area contributed by atoms with Crippen molar-refractivity contribution in [3.05, 3.63) is 26.3 Å². The van der Waals surface area contributed by atoms with Gasteiger partial charge in [0.15, 0.2) is 4.77 Å². The summed E-state index contributed by atoms with van der Waals surface area (Å²) in [6, 6.07) is 4.32. The first-order chi connectivity index (χ1) is 9.81. The Kier molecular flexibility index (Phi) is 5.43. The Hall–Kier alpha value is -0.470. The Labute approximate surface area is 143 Å². The lowest BCUT2D eigenvalue weighted by molar-refractivity contribution is 0.168. The number of nitrogens with zero attached hydrogens (tertiary/aromatic N) is 2. The van der Waals surface area contributed by atoms with Crippen LogP contribution >= 0.6 is 34.8 Å². The van der Waals surface area contributed by atoms with E-state index in [0.29, 0.717) is 20.4 Å². The molecule has 1 N–H and O–H groups in total. The van der Waals surface area contributed by atoms with Crippen molar-refractivity contribution in [1.82, 2.24) is 14.5 Å².